The van der Waals surface area contributed by atoms with Crippen LogP contribution in [0, 0.1) is 11.7 Å². The van der Waals surface area contributed by atoms with Crippen LogP contribution in [0.25, 0.3) is 0 Å². The van der Waals surface area contributed by atoms with Gasteiger partial charge in [0.05, 0.1) is 7.11 Å². The van der Waals surface area contributed by atoms with Gasteiger partial charge in [0, 0.05) is 17.2 Å². The van der Waals surface area contributed by atoms with Crippen molar-refractivity contribution >= 4 is 11.8 Å². The molecule has 1 aliphatic heterocycles. The van der Waals surface area contributed by atoms with Crippen molar-refractivity contribution in [1.82, 2.24) is 4.90 Å². The van der Waals surface area contributed by atoms with Gasteiger partial charge in [-0.15, -0.1) is 11.8 Å². The Morgan fingerprint density at radius 2 is 1.83 bits per heavy atom. The quantitative estimate of drug-likeness (QED) is 0.731. The van der Waals surface area contributed by atoms with Crippen LogP contribution < -0.4 is 4.74 Å². The molecule has 0 spiro atoms. The monoisotopic (exact) mass is 345 g/mol. The molecule has 1 aliphatic rings. The van der Waals surface area contributed by atoms with E-state index in [2.05, 4.69) is 24.1 Å². The van der Waals surface area contributed by atoms with Crippen molar-refractivity contribution in [3.8, 4) is 5.75 Å². The van der Waals surface area contributed by atoms with Crippen LogP contribution in [0.2, 0.25) is 0 Å². The molecule has 0 radical (unpaired) electrons. The Hall–Kier alpha value is -1.52. The third-order valence-corrected chi connectivity index (χ3v) is 5.96. The SMILES string of the molecule is COc1ccc(SCC2CN(C)CCC2c2ccc(F)cc2)cc1. The van der Waals surface area contributed by atoms with Crippen molar-refractivity contribution in [1.29, 1.82) is 0 Å². The lowest BCUT2D eigenvalue weighted by Crippen LogP contribution is -2.38. The third kappa shape index (κ3) is 4.31. The van der Waals surface area contributed by atoms with Gasteiger partial charge in [-0.2, -0.15) is 0 Å². The summed E-state index contributed by atoms with van der Waals surface area (Å²) in [5.41, 5.74) is 1.27. The van der Waals surface area contributed by atoms with Crippen molar-refractivity contribution in [2.75, 3.05) is 33.0 Å². The van der Waals surface area contributed by atoms with E-state index in [-0.39, 0.29) is 5.82 Å². The molecule has 0 N–H and O–H groups in total. The molecular formula is C20H24FNOS. The van der Waals surface area contributed by atoms with E-state index in [0.717, 1.165) is 31.0 Å². The molecule has 0 aliphatic carbocycles. The van der Waals surface area contributed by atoms with Gasteiger partial charge in [-0.1, -0.05) is 12.1 Å². The molecule has 2 aromatic rings. The van der Waals surface area contributed by atoms with Gasteiger partial charge in [-0.05, 0) is 73.8 Å². The van der Waals surface area contributed by atoms with Crippen LogP contribution in [-0.2, 0) is 0 Å². The molecule has 1 saturated heterocycles. The van der Waals surface area contributed by atoms with E-state index < -0.39 is 0 Å². The molecule has 1 heterocycles. The number of piperidine rings is 1. The summed E-state index contributed by atoms with van der Waals surface area (Å²) in [7, 11) is 3.87. The minimum Gasteiger partial charge on any atom is -0.497 e. The molecule has 3 rings (SSSR count). The molecule has 1 fully saturated rings. The fraction of sp³-hybridized carbons (Fsp3) is 0.400. The second-order valence-corrected chi connectivity index (χ2v) is 7.55. The fourth-order valence-electron chi connectivity index (χ4n) is 3.41. The van der Waals surface area contributed by atoms with Gasteiger partial charge >= 0.3 is 0 Å². The maximum Gasteiger partial charge on any atom is 0.123 e. The minimum absolute atomic E-state index is 0.157. The number of halogens is 1. The Balaban J connectivity index is 1.68. The van der Waals surface area contributed by atoms with E-state index in [1.165, 1.54) is 10.5 Å². The first-order valence-corrected chi connectivity index (χ1v) is 9.35. The van der Waals surface area contributed by atoms with E-state index in [0.29, 0.717) is 11.8 Å². The summed E-state index contributed by atoms with van der Waals surface area (Å²) in [6.07, 6.45) is 1.13. The summed E-state index contributed by atoms with van der Waals surface area (Å²) in [4.78, 5) is 3.67. The number of methoxy groups -OCH3 is 1. The standard InChI is InChI=1S/C20H24FNOS/c1-22-12-11-20(15-3-5-17(21)6-4-15)16(13-22)14-24-19-9-7-18(23-2)8-10-19/h3-10,16,20H,11-14H2,1-2H3. The van der Waals surface area contributed by atoms with Gasteiger partial charge < -0.3 is 9.64 Å². The van der Waals surface area contributed by atoms with Crippen LogP contribution in [0.1, 0.15) is 17.9 Å². The summed E-state index contributed by atoms with van der Waals surface area (Å²) in [6.45, 7) is 2.19. The summed E-state index contributed by atoms with van der Waals surface area (Å²) < 4.78 is 18.4. The van der Waals surface area contributed by atoms with Crippen LogP contribution in [0.15, 0.2) is 53.4 Å². The van der Waals surface area contributed by atoms with Gasteiger partial charge in [0.25, 0.3) is 0 Å². The summed E-state index contributed by atoms with van der Waals surface area (Å²) >= 11 is 1.89. The molecule has 2 unspecified atom stereocenters. The smallest absolute Gasteiger partial charge is 0.123 e. The van der Waals surface area contributed by atoms with Crippen LogP contribution in [0.4, 0.5) is 4.39 Å². The Morgan fingerprint density at radius 3 is 2.50 bits per heavy atom. The second-order valence-electron chi connectivity index (χ2n) is 6.46. The molecular weight excluding hydrogens is 321 g/mol. The van der Waals surface area contributed by atoms with Gasteiger partial charge in [-0.25, -0.2) is 4.39 Å². The Kier molecular flexibility index (Phi) is 5.80. The molecule has 4 heteroatoms. The lowest BCUT2D eigenvalue weighted by Gasteiger charge is -2.37. The van der Waals surface area contributed by atoms with Crippen molar-refractivity contribution < 1.29 is 9.13 Å². The average molecular weight is 345 g/mol. The first-order chi connectivity index (χ1) is 11.7. The number of nitrogens with zero attached hydrogens (tertiary/aromatic N) is 1. The first-order valence-electron chi connectivity index (χ1n) is 8.36. The van der Waals surface area contributed by atoms with Crippen LogP contribution in [0.5, 0.6) is 5.75 Å². The number of likely N-dealkylation sites (tertiary alicyclic amines) is 1. The van der Waals surface area contributed by atoms with E-state index in [1.54, 1.807) is 19.2 Å². The fourth-order valence-corrected chi connectivity index (χ4v) is 4.48. The van der Waals surface area contributed by atoms with Gasteiger partial charge in [-0.3, -0.25) is 0 Å². The summed E-state index contributed by atoms with van der Waals surface area (Å²) in [5.74, 6) is 2.88. The maximum atomic E-state index is 13.2. The largest absolute Gasteiger partial charge is 0.497 e. The van der Waals surface area contributed by atoms with E-state index in [1.807, 2.05) is 36.0 Å². The number of hydrogen-bond acceptors (Lipinski definition) is 3. The van der Waals surface area contributed by atoms with E-state index in [4.69, 9.17) is 4.74 Å². The second kappa shape index (κ2) is 8.04. The summed E-state index contributed by atoms with van der Waals surface area (Å²) in [6, 6.07) is 15.3. The normalized spacial score (nSPS) is 21.6. The zero-order valence-electron chi connectivity index (χ0n) is 14.2. The van der Waals surface area contributed by atoms with Crippen LogP contribution in [-0.4, -0.2) is 37.9 Å². The van der Waals surface area contributed by atoms with E-state index in [9.17, 15) is 4.39 Å². The molecule has 0 aromatic heterocycles. The van der Waals surface area contributed by atoms with Crippen molar-refractivity contribution in [3.63, 3.8) is 0 Å². The Labute approximate surface area is 148 Å². The number of thioether (sulfide) groups is 1. The molecule has 0 saturated carbocycles. The third-order valence-electron chi connectivity index (χ3n) is 4.76. The minimum atomic E-state index is -0.157. The van der Waals surface area contributed by atoms with Gasteiger partial charge in [0.2, 0.25) is 0 Å². The van der Waals surface area contributed by atoms with Crippen molar-refractivity contribution in [3.05, 3.63) is 59.9 Å². The number of benzene rings is 2. The zero-order valence-corrected chi connectivity index (χ0v) is 15.1. The zero-order chi connectivity index (χ0) is 16.9. The molecule has 0 amide bonds. The average Bonchev–Trinajstić information content (AvgIpc) is 2.61. The molecule has 2 nitrogen and oxygen atoms in total. The van der Waals surface area contributed by atoms with Gasteiger partial charge in [0.1, 0.15) is 11.6 Å². The Bertz CT molecular complexity index is 644. The maximum absolute atomic E-state index is 13.2. The van der Waals surface area contributed by atoms with Crippen LogP contribution in [0.3, 0.4) is 0 Å². The molecule has 2 aromatic carbocycles. The lowest BCUT2D eigenvalue weighted by molar-refractivity contribution is 0.198. The van der Waals surface area contributed by atoms with Crippen molar-refractivity contribution in [2.45, 2.75) is 17.2 Å². The highest BCUT2D eigenvalue weighted by Crippen LogP contribution is 2.36. The van der Waals surface area contributed by atoms with Gasteiger partial charge in [0.15, 0.2) is 0 Å². The Morgan fingerprint density at radius 1 is 1.12 bits per heavy atom. The summed E-state index contributed by atoms with van der Waals surface area (Å²) in [5, 5.41) is 0. The molecule has 24 heavy (non-hydrogen) atoms. The topological polar surface area (TPSA) is 12.5 Å². The highest BCUT2D eigenvalue weighted by molar-refractivity contribution is 7.99. The predicted molar refractivity (Wildman–Crippen MR) is 98.5 cm³/mol. The number of hydrogen-bond donors (Lipinski definition) is 0. The lowest BCUT2D eigenvalue weighted by atomic mass is 9.81. The molecule has 128 valence electrons. The predicted octanol–water partition coefficient (Wildman–Crippen LogP) is 4.66. The van der Waals surface area contributed by atoms with Crippen molar-refractivity contribution in [2.24, 2.45) is 5.92 Å². The van der Waals surface area contributed by atoms with Crippen LogP contribution >= 0.6 is 11.8 Å². The molecule has 0 bridgehead atoms. The molecule has 2 atom stereocenters. The highest BCUT2D eigenvalue weighted by atomic mass is 32.2. The van der Waals surface area contributed by atoms with E-state index >= 15 is 0 Å². The number of ether oxygens (including phenoxy) is 1. The number of rotatable bonds is 5. The first kappa shape index (κ1) is 17.3. The highest BCUT2D eigenvalue weighted by Gasteiger charge is 2.29.